The van der Waals surface area contributed by atoms with Crippen molar-refractivity contribution in [3.8, 4) is 5.75 Å². The van der Waals surface area contributed by atoms with Gasteiger partial charge >= 0.3 is 6.09 Å². The minimum atomic E-state index is -0.464. The Labute approximate surface area is 144 Å². The number of rotatable bonds is 2. The standard InChI is InChI=1S/C16H21BrClNO3/c1-16(2,3)22-15(20)19-8-6-12(7-9-19)21-14-10-11(17)4-5-13(14)18/h4-5,10,12H,6-9H2,1-3H3. The van der Waals surface area contributed by atoms with Crippen molar-refractivity contribution in [1.82, 2.24) is 4.90 Å². The molecule has 1 amide bonds. The van der Waals surface area contributed by atoms with Crippen molar-refractivity contribution < 1.29 is 14.3 Å². The third kappa shape index (κ3) is 5.06. The first kappa shape index (κ1) is 17.4. The van der Waals surface area contributed by atoms with Crippen molar-refractivity contribution in [2.75, 3.05) is 13.1 Å². The molecule has 6 heteroatoms. The predicted octanol–water partition coefficient (Wildman–Crippen LogP) is 4.88. The maximum absolute atomic E-state index is 12.0. The summed E-state index contributed by atoms with van der Waals surface area (Å²) in [6.07, 6.45) is 1.33. The number of ether oxygens (including phenoxy) is 2. The molecule has 4 nitrogen and oxygen atoms in total. The highest BCUT2D eigenvalue weighted by Gasteiger charge is 2.27. The summed E-state index contributed by atoms with van der Waals surface area (Å²) < 4.78 is 12.3. The summed E-state index contributed by atoms with van der Waals surface area (Å²) >= 11 is 9.55. The van der Waals surface area contributed by atoms with Gasteiger partial charge in [0, 0.05) is 30.4 Å². The summed E-state index contributed by atoms with van der Waals surface area (Å²) in [5, 5.41) is 0.595. The lowest BCUT2D eigenvalue weighted by atomic mass is 10.1. The number of carbonyl (C=O) groups is 1. The van der Waals surface area contributed by atoms with E-state index in [9.17, 15) is 4.79 Å². The minimum absolute atomic E-state index is 0.0606. The van der Waals surface area contributed by atoms with Crippen molar-refractivity contribution >= 4 is 33.6 Å². The van der Waals surface area contributed by atoms with Gasteiger partial charge in [-0.1, -0.05) is 27.5 Å². The molecule has 0 atom stereocenters. The van der Waals surface area contributed by atoms with Crippen LogP contribution in [0.15, 0.2) is 22.7 Å². The normalized spacial score (nSPS) is 16.5. The Hall–Kier alpha value is -0.940. The molecule has 0 aromatic heterocycles. The molecule has 1 aliphatic rings. The Morgan fingerprint density at radius 2 is 1.95 bits per heavy atom. The second kappa shape index (κ2) is 7.09. The van der Waals surface area contributed by atoms with Crippen LogP contribution in [0.3, 0.4) is 0 Å². The number of piperidine rings is 1. The number of nitrogens with zero attached hydrogens (tertiary/aromatic N) is 1. The number of carbonyl (C=O) groups excluding carboxylic acids is 1. The molecule has 1 aromatic carbocycles. The fraction of sp³-hybridized carbons (Fsp3) is 0.562. The maximum Gasteiger partial charge on any atom is 0.410 e. The van der Waals surface area contributed by atoms with Crippen LogP contribution in [-0.2, 0) is 4.74 Å². The number of amides is 1. The lowest BCUT2D eigenvalue weighted by Crippen LogP contribution is -2.44. The zero-order valence-electron chi connectivity index (χ0n) is 13.1. The predicted molar refractivity (Wildman–Crippen MR) is 90.6 cm³/mol. The molecule has 1 aliphatic heterocycles. The zero-order chi connectivity index (χ0) is 16.3. The van der Waals surface area contributed by atoms with Crippen molar-refractivity contribution in [3.63, 3.8) is 0 Å². The first-order chi connectivity index (χ1) is 10.2. The van der Waals surface area contributed by atoms with Crippen LogP contribution in [0.5, 0.6) is 5.75 Å². The first-order valence-corrected chi connectivity index (χ1v) is 8.51. The molecule has 122 valence electrons. The van der Waals surface area contributed by atoms with E-state index in [4.69, 9.17) is 21.1 Å². The van der Waals surface area contributed by atoms with Gasteiger partial charge in [0.1, 0.15) is 17.5 Å². The Bertz CT molecular complexity index is 537. The third-order valence-corrected chi connectivity index (χ3v) is 4.09. The number of benzene rings is 1. The van der Waals surface area contributed by atoms with Crippen LogP contribution in [0.1, 0.15) is 33.6 Å². The van der Waals surface area contributed by atoms with Crippen LogP contribution in [-0.4, -0.2) is 35.8 Å². The van der Waals surface area contributed by atoms with E-state index in [-0.39, 0.29) is 12.2 Å². The molecule has 2 rings (SSSR count). The fourth-order valence-corrected chi connectivity index (χ4v) is 2.73. The summed E-state index contributed by atoms with van der Waals surface area (Å²) in [5.41, 5.74) is -0.464. The summed E-state index contributed by atoms with van der Waals surface area (Å²) in [5.74, 6) is 0.673. The average molecular weight is 391 g/mol. The zero-order valence-corrected chi connectivity index (χ0v) is 15.4. The van der Waals surface area contributed by atoms with Crippen LogP contribution in [0.4, 0.5) is 4.79 Å². The first-order valence-electron chi connectivity index (χ1n) is 7.34. The Morgan fingerprint density at radius 1 is 1.32 bits per heavy atom. The van der Waals surface area contributed by atoms with Crippen LogP contribution < -0.4 is 4.74 Å². The van der Waals surface area contributed by atoms with Gasteiger partial charge in [-0.25, -0.2) is 4.79 Å². The number of hydrogen-bond acceptors (Lipinski definition) is 3. The van der Waals surface area contributed by atoms with Crippen molar-refractivity contribution in [2.45, 2.75) is 45.3 Å². The van der Waals surface area contributed by atoms with Gasteiger partial charge in [-0.2, -0.15) is 0 Å². The molecule has 0 radical (unpaired) electrons. The van der Waals surface area contributed by atoms with Gasteiger partial charge in [-0.3, -0.25) is 0 Å². The van der Waals surface area contributed by atoms with Crippen LogP contribution in [0.2, 0.25) is 5.02 Å². The van der Waals surface area contributed by atoms with Crippen molar-refractivity contribution in [2.24, 2.45) is 0 Å². The van der Waals surface area contributed by atoms with E-state index in [1.165, 1.54) is 0 Å². The topological polar surface area (TPSA) is 38.8 Å². The minimum Gasteiger partial charge on any atom is -0.489 e. The molecule has 0 bridgehead atoms. The van der Waals surface area contributed by atoms with Gasteiger partial charge in [0.2, 0.25) is 0 Å². The summed E-state index contributed by atoms with van der Waals surface area (Å²) in [4.78, 5) is 13.7. The highest BCUT2D eigenvalue weighted by molar-refractivity contribution is 9.10. The van der Waals surface area contributed by atoms with E-state index >= 15 is 0 Å². The summed E-state index contributed by atoms with van der Waals surface area (Å²) in [6.45, 7) is 6.87. The van der Waals surface area contributed by atoms with Crippen LogP contribution >= 0.6 is 27.5 Å². The molecule has 1 fully saturated rings. The quantitative estimate of drug-likeness (QED) is 0.722. The highest BCUT2D eigenvalue weighted by Crippen LogP contribution is 2.30. The highest BCUT2D eigenvalue weighted by atomic mass is 79.9. The van der Waals surface area contributed by atoms with Gasteiger partial charge < -0.3 is 14.4 Å². The molecular formula is C16H21BrClNO3. The van der Waals surface area contributed by atoms with Gasteiger partial charge in [0.05, 0.1) is 5.02 Å². The molecule has 0 aliphatic carbocycles. The Morgan fingerprint density at radius 3 is 2.55 bits per heavy atom. The fourth-order valence-electron chi connectivity index (χ4n) is 2.23. The number of hydrogen-bond donors (Lipinski definition) is 0. The SMILES string of the molecule is CC(C)(C)OC(=O)N1CCC(Oc2cc(Br)ccc2Cl)CC1. The molecule has 0 spiro atoms. The largest absolute Gasteiger partial charge is 0.489 e. The molecule has 1 saturated heterocycles. The third-order valence-electron chi connectivity index (χ3n) is 3.28. The van der Waals surface area contributed by atoms with Crippen molar-refractivity contribution in [3.05, 3.63) is 27.7 Å². The smallest absolute Gasteiger partial charge is 0.410 e. The summed E-state index contributed by atoms with van der Waals surface area (Å²) in [7, 11) is 0. The molecular weight excluding hydrogens is 370 g/mol. The molecule has 0 saturated carbocycles. The van der Waals surface area contributed by atoms with E-state index in [0.717, 1.165) is 17.3 Å². The van der Waals surface area contributed by atoms with E-state index < -0.39 is 5.60 Å². The number of halogens is 2. The van der Waals surface area contributed by atoms with Gasteiger partial charge in [-0.05, 0) is 39.0 Å². The second-order valence-electron chi connectivity index (χ2n) is 6.36. The van der Waals surface area contributed by atoms with Crippen LogP contribution in [0.25, 0.3) is 0 Å². The average Bonchev–Trinajstić information content (AvgIpc) is 2.42. The van der Waals surface area contributed by atoms with E-state index in [2.05, 4.69) is 15.9 Å². The monoisotopic (exact) mass is 389 g/mol. The Kier molecular flexibility index (Phi) is 5.61. The molecule has 0 unspecified atom stereocenters. The molecule has 1 aromatic rings. The van der Waals surface area contributed by atoms with Crippen LogP contribution in [0, 0.1) is 0 Å². The van der Waals surface area contributed by atoms with E-state index in [1.807, 2.05) is 32.9 Å². The molecule has 1 heterocycles. The maximum atomic E-state index is 12.0. The summed E-state index contributed by atoms with van der Waals surface area (Å²) in [6, 6.07) is 5.54. The molecule has 22 heavy (non-hydrogen) atoms. The number of likely N-dealkylation sites (tertiary alicyclic amines) is 1. The van der Waals surface area contributed by atoms with Gasteiger partial charge in [0.25, 0.3) is 0 Å². The molecule has 0 N–H and O–H groups in total. The second-order valence-corrected chi connectivity index (χ2v) is 7.68. The lowest BCUT2D eigenvalue weighted by Gasteiger charge is -2.33. The van der Waals surface area contributed by atoms with E-state index in [1.54, 1.807) is 11.0 Å². The van der Waals surface area contributed by atoms with Crippen molar-refractivity contribution in [1.29, 1.82) is 0 Å². The van der Waals surface area contributed by atoms with E-state index in [0.29, 0.717) is 23.9 Å². The Balaban J connectivity index is 1.87. The van der Waals surface area contributed by atoms with Gasteiger partial charge in [0.15, 0.2) is 0 Å². The lowest BCUT2D eigenvalue weighted by molar-refractivity contribution is 0.0126. The van der Waals surface area contributed by atoms with Gasteiger partial charge in [-0.15, -0.1) is 0 Å².